The van der Waals surface area contributed by atoms with E-state index in [1.807, 2.05) is 4.90 Å². The van der Waals surface area contributed by atoms with Gasteiger partial charge in [0, 0.05) is 70.5 Å². The third-order valence-corrected chi connectivity index (χ3v) is 6.81. The lowest BCUT2D eigenvalue weighted by atomic mass is 9.96. The maximum Gasteiger partial charge on any atom is 0.219 e. The van der Waals surface area contributed by atoms with Gasteiger partial charge >= 0.3 is 0 Å². The van der Waals surface area contributed by atoms with Gasteiger partial charge in [-0.1, -0.05) is 18.2 Å². The van der Waals surface area contributed by atoms with Crippen molar-refractivity contribution in [1.82, 2.24) is 14.7 Å². The van der Waals surface area contributed by atoms with Crippen molar-refractivity contribution in [2.45, 2.75) is 44.7 Å². The number of carbonyl (C=O) groups is 1. The van der Waals surface area contributed by atoms with Crippen molar-refractivity contribution in [3.63, 3.8) is 0 Å². The number of para-hydroxylation sites is 1. The molecule has 27 heavy (non-hydrogen) atoms. The van der Waals surface area contributed by atoms with Gasteiger partial charge in [0.25, 0.3) is 0 Å². The van der Waals surface area contributed by atoms with Crippen LogP contribution in [0.4, 0.5) is 5.69 Å². The van der Waals surface area contributed by atoms with Crippen molar-refractivity contribution in [3.8, 4) is 0 Å². The summed E-state index contributed by atoms with van der Waals surface area (Å²) in [6, 6.07) is 12.2. The average molecular weight is 371 g/mol. The first-order chi connectivity index (χ1) is 13.2. The summed E-state index contributed by atoms with van der Waals surface area (Å²) >= 11 is 0. The zero-order chi connectivity index (χ0) is 18.6. The van der Waals surface area contributed by atoms with Crippen molar-refractivity contribution >= 4 is 11.6 Å². The number of likely N-dealkylation sites (tertiary alicyclic amines) is 2. The summed E-state index contributed by atoms with van der Waals surface area (Å²) in [5.41, 5.74) is 1.36. The largest absolute Gasteiger partial charge is 0.369 e. The molecular weight excluding hydrogens is 336 g/mol. The predicted molar refractivity (Wildman–Crippen MR) is 110 cm³/mol. The minimum Gasteiger partial charge on any atom is -0.369 e. The van der Waals surface area contributed by atoms with Crippen molar-refractivity contribution in [3.05, 3.63) is 30.3 Å². The monoisotopic (exact) mass is 370 g/mol. The van der Waals surface area contributed by atoms with Gasteiger partial charge < -0.3 is 9.80 Å². The molecule has 148 valence electrons. The van der Waals surface area contributed by atoms with E-state index < -0.39 is 0 Å². The number of hydrogen-bond donors (Lipinski definition) is 0. The van der Waals surface area contributed by atoms with Crippen molar-refractivity contribution < 1.29 is 4.79 Å². The first kappa shape index (κ1) is 18.8. The summed E-state index contributed by atoms with van der Waals surface area (Å²) in [6.45, 7) is 10.7. The van der Waals surface area contributed by atoms with Crippen LogP contribution in [0.1, 0.15) is 32.6 Å². The van der Waals surface area contributed by atoms with Gasteiger partial charge in [-0.05, 0) is 44.4 Å². The van der Waals surface area contributed by atoms with Gasteiger partial charge in [0.05, 0.1) is 0 Å². The highest BCUT2D eigenvalue weighted by Crippen LogP contribution is 2.25. The molecule has 5 nitrogen and oxygen atoms in total. The molecule has 3 aliphatic rings. The van der Waals surface area contributed by atoms with Gasteiger partial charge in [-0.3, -0.25) is 14.6 Å². The average Bonchev–Trinajstić information content (AvgIpc) is 2.75. The summed E-state index contributed by atoms with van der Waals surface area (Å²) in [6.07, 6.45) is 4.95. The van der Waals surface area contributed by atoms with Gasteiger partial charge in [0.2, 0.25) is 5.91 Å². The molecule has 5 heteroatoms. The summed E-state index contributed by atoms with van der Waals surface area (Å²) in [7, 11) is 0. The van der Waals surface area contributed by atoms with E-state index in [0.29, 0.717) is 12.1 Å². The Morgan fingerprint density at radius 3 is 2.19 bits per heavy atom. The molecule has 0 radical (unpaired) electrons. The number of amides is 1. The summed E-state index contributed by atoms with van der Waals surface area (Å²) in [4.78, 5) is 21.6. The molecule has 1 aromatic rings. The van der Waals surface area contributed by atoms with Crippen molar-refractivity contribution in [2.24, 2.45) is 0 Å². The minimum absolute atomic E-state index is 0.237. The lowest BCUT2D eigenvalue weighted by Crippen LogP contribution is -2.57. The van der Waals surface area contributed by atoms with Gasteiger partial charge in [-0.15, -0.1) is 0 Å². The van der Waals surface area contributed by atoms with E-state index in [9.17, 15) is 4.79 Å². The van der Waals surface area contributed by atoms with Crippen LogP contribution in [0.2, 0.25) is 0 Å². The number of anilines is 1. The lowest BCUT2D eigenvalue weighted by Gasteiger charge is -2.47. The fraction of sp³-hybridized carbons (Fsp3) is 0.682. The molecule has 4 rings (SSSR count). The Morgan fingerprint density at radius 1 is 0.815 bits per heavy atom. The van der Waals surface area contributed by atoms with Crippen LogP contribution >= 0.6 is 0 Å². The van der Waals surface area contributed by atoms with Crippen LogP contribution in [-0.4, -0.2) is 85.0 Å². The molecule has 1 unspecified atom stereocenters. The first-order valence-electron chi connectivity index (χ1n) is 10.7. The van der Waals surface area contributed by atoms with E-state index in [4.69, 9.17) is 0 Å². The number of carbonyl (C=O) groups excluding carboxylic acids is 1. The third-order valence-electron chi connectivity index (χ3n) is 6.81. The third kappa shape index (κ3) is 4.46. The quantitative estimate of drug-likeness (QED) is 0.817. The van der Waals surface area contributed by atoms with Crippen LogP contribution in [0.5, 0.6) is 0 Å². The Balaban J connectivity index is 1.27. The number of benzene rings is 1. The molecule has 0 aliphatic carbocycles. The fourth-order valence-electron chi connectivity index (χ4n) is 5.14. The maximum atomic E-state index is 11.6. The van der Waals surface area contributed by atoms with Crippen LogP contribution in [0, 0.1) is 0 Å². The van der Waals surface area contributed by atoms with E-state index >= 15 is 0 Å². The molecule has 3 aliphatic heterocycles. The molecule has 1 amide bonds. The Bertz CT molecular complexity index is 606. The van der Waals surface area contributed by atoms with Crippen LogP contribution in [0.25, 0.3) is 0 Å². The Morgan fingerprint density at radius 2 is 1.52 bits per heavy atom. The van der Waals surface area contributed by atoms with Gasteiger partial charge in [-0.2, -0.15) is 0 Å². The number of hydrogen-bond acceptors (Lipinski definition) is 4. The van der Waals surface area contributed by atoms with E-state index in [0.717, 1.165) is 39.0 Å². The molecule has 3 fully saturated rings. The smallest absolute Gasteiger partial charge is 0.219 e. The molecular formula is C22H34N4O. The van der Waals surface area contributed by atoms with E-state index in [1.54, 1.807) is 6.92 Å². The minimum atomic E-state index is 0.237. The summed E-state index contributed by atoms with van der Waals surface area (Å²) in [5.74, 6) is 0.237. The molecule has 3 saturated heterocycles. The molecule has 0 aromatic heterocycles. The highest BCUT2D eigenvalue weighted by Gasteiger charge is 2.32. The number of nitrogens with zero attached hydrogens (tertiary/aromatic N) is 4. The van der Waals surface area contributed by atoms with Gasteiger partial charge in [-0.25, -0.2) is 0 Å². The van der Waals surface area contributed by atoms with E-state index in [1.165, 1.54) is 44.7 Å². The van der Waals surface area contributed by atoms with Crippen molar-refractivity contribution in [2.75, 3.05) is 57.3 Å². The summed E-state index contributed by atoms with van der Waals surface area (Å²) < 4.78 is 0. The zero-order valence-electron chi connectivity index (χ0n) is 16.7. The van der Waals surface area contributed by atoms with Crippen LogP contribution in [0.15, 0.2) is 30.3 Å². The highest BCUT2D eigenvalue weighted by molar-refractivity contribution is 5.73. The predicted octanol–water partition coefficient (Wildman–Crippen LogP) is 2.28. The molecule has 1 aromatic carbocycles. The summed E-state index contributed by atoms with van der Waals surface area (Å²) in [5, 5.41) is 0. The number of piperidine rings is 2. The van der Waals surface area contributed by atoms with Gasteiger partial charge in [0.1, 0.15) is 0 Å². The number of piperazine rings is 1. The number of rotatable bonds is 3. The second-order valence-corrected chi connectivity index (χ2v) is 8.39. The van der Waals surface area contributed by atoms with E-state index in [2.05, 4.69) is 45.0 Å². The Kier molecular flexibility index (Phi) is 5.98. The standard InChI is InChI=1S/C22H34N4O/c1-19(27)23-12-9-21(10-13-23)26-11-5-8-22(18-26)25-16-14-24(15-17-25)20-6-3-2-4-7-20/h2-4,6-7,21-22H,5,8-18H2,1H3. The van der Waals surface area contributed by atoms with E-state index in [-0.39, 0.29) is 5.91 Å². The molecule has 0 spiro atoms. The Labute approximate surface area is 163 Å². The van der Waals surface area contributed by atoms with Crippen LogP contribution < -0.4 is 4.90 Å². The van der Waals surface area contributed by atoms with Gasteiger partial charge in [0.15, 0.2) is 0 Å². The lowest BCUT2D eigenvalue weighted by molar-refractivity contribution is -0.130. The van der Waals surface area contributed by atoms with Crippen LogP contribution in [-0.2, 0) is 4.79 Å². The van der Waals surface area contributed by atoms with Crippen molar-refractivity contribution in [1.29, 1.82) is 0 Å². The second kappa shape index (κ2) is 8.61. The molecule has 0 N–H and O–H groups in total. The molecule has 0 saturated carbocycles. The maximum absolute atomic E-state index is 11.6. The van der Waals surface area contributed by atoms with Crippen LogP contribution in [0.3, 0.4) is 0 Å². The topological polar surface area (TPSA) is 30.0 Å². The highest BCUT2D eigenvalue weighted by atomic mass is 16.2. The molecule has 3 heterocycles. The molecule has 0 bridgehead atoms. The SMILES string of the molecule is CC(=O)N1CCC(N2CCCC(N3CCN(c4ccccc4)CC3)C2)CC1. The second-order valence-electron chi connectivity index (χ2n) is 8.39. The Hall–Kier alpha value is -1.59. The fourth-order valence-corrected chi connectivity index (χ4v) is 5.14. The molecule has 1 atom stereocenters. The first-order valence-corrected chi connectivity index (χ1v) is 10.7. The zero-order valence-corrected chi connectivity index (χ0v) is 16.7. The normalized spacial score (nSPS) is 26.3.